The molecule has 0 bridgehead atoms. The van der Waals surface area contributed by atoms with Crippen molar-refractivity contribution >= 4 is 57.4 Å². The number of rotatable bonds is 6. The molecule has 5 nitrogen and oxygen atoms in total. The third-order valence-electron chi connectivity index (χ3n) is 10.4. The molecule has 5 aromatic carbocycles. The van der Waals surface area contributed by atoms with Crippen molar-refractivity contribution in [3.8, 4) is 28.3 Å². The van der Waals surface area contributed by atoms with Crippen molar-refractivity contribution in [2.24, 2.45) is 0 Å². The molecule has 0 N–H and O–H groups in total. The summed E-state index contributed by atoms with van der Waals surface area (Å²) >= 11 is 0. The van der Waals surface area contributed by atoms with E-state index in [9.17, 15) is 0 Å². The van der Waals surface area contributed by atoms with E-state index in [-0.39, 0.29) is 0 Å². The molecule has 1 saturated heterocycles. The highest BCUT2D eigenvalue weighted by atomic mass is 16.7. The summed E-state index contributed by atoms with van der Waals surface area (Å²) in [5.74, 6) is 0.642. The second-order valence-corrected chi connectivity index (χ2v) is 14.2. The lowest BCUT2D eigenvalue weighted by atomic mass is 9.78. The highest BCUT2D eigenvalue weighted by Gasteiger charge is 2.51. The van der Waals surface area contributed by atoms with Crippen molar-refractivity contribution in [1.82, 2.24) is 14.5 Å². The monoisotopic (exact) mass is 655 g/mol. The van der Waals surface area contributed by atoms with Crippen molar-refractivity contribution in [3.63, 3.8) is 0 Å². The Balaban J connectivity index is 1.38. The summed E-state index contributed by atoms with van der Waals surface area (Å²) in [6.07, 6.45) is 6.53. The minimum absolute atomic E-state index is 0.431. The SMILES string of the molecule is CC/C=c1/ccc2c(/c1=C/CC)c1cc(B3OC(C)(C)C(C)(C)O3)ccc1n2-c1nc(-c2ccc(-c3ccccc3)cc2)c2ccccc2n1. The van der Waals surface area contributed by atoms with Crippen LogP contribution in [0.15, 0.2) is 109 Å². The average Bonchev–Trinajstić information content (AvgIpc) is 3.57. The first kappa shape index (κ1) is 32.2. The minimum Gasteiger partial charge on any atom is -0.399 e. The van der Waals surface area contributed by atoms with E-state index in [1.807, 2.05) is 12.1 Å². The fourth-order valence-electron chi connectivity index (χ4n) is 7.17. The predicted molar refractivity (Wildman–Crippen MR) is 209 cm³/mol. The van der Waals surface area contributed by atoms with Gasteiger partial charge in [0.05, 0.1) is 33.4 Å². The molecule has 1 aliphatic heterocycles. The number of benzene rings is 5. The van der Waals surface area contributed by atoms with E-state index in [4.69, 9.17) is 19.3 Å². The van der Waals surface area contributed by atoms with Gasteiger partial charge in [-0.2, -0.15) is 0 Å². The number of aromatic nitrogens is 3. The fourth-order valence-corrected chi connectivity index (χ4v) is 7.17. The molecule has 3 heterocycles. The zero-order valence-electron chi connectivity index (χ0n) is 29.7. The number of fused-ring (bicyclic) bond motifs is 4. The first-order valence-electron chi connectivity index (χ1n) is 17.7. The summed E-state index contributed by atoms with van der Waals surface area (Å²) in [7, 11) is -0.464. The maximum Gasteiger partial charge on any atom is 0.494 e. The van der Waals surface area contributed by atoms with E-state index in [0.717, 1.165) is 56.9 Å². The maximum atomic E-state index is 6.52. The molecule has 0 spiro atoms. The van der Waals surface area contributed by atoms with Gasteiger partial charge in [-0.25, -0.2) is 9.97 Å². The molecule has 50 heavy (non-hydrogen) atoms. The first-order valence-corrected chi connectivity index (χ1v) is 17.7. The third kappa shape index (κ3) is 5.35. The van der Waals surface area contributed by atoms with Crippen LogP contribution in [0.4, 0.5) is 0 Å². The van der Waals surface area contributed by atoms with E-state index in [2.05, 4.69) is 155 Å². The Morgan fingerprint density at radius 3 is 2.00 bits per heavy atom. The molecule has 0 amide bonds. The van der Waals surface area contributed by atoms with Crippen molar-refractivity contribution in [3.05, 3.63) is 120 Å². The molecule has 0 aliphatic carbocycles. The fraction of sp³-hybridized carbons (Fsp3) is 0.227. The summed E-state index contributed by atoms with van der Waals surface area (Å²) in [6, 6.07) is 38.5. The number of hydrogen-bond acceptors (Lipinski definition) is 4. The molecule has 8 rings (SSSR count). The Morgan fingerprint density at radius 1 is 0.640 bits per heavy atom. The van der Waals surface area contributed by atoms with Crippen LogP contribution in [0.1, 0.15) is 54.4 Å². The van der Waals surface area contributed by atoms with Gasteiger partial charge in [0.25, 0.3) is 0 Å². The number of para-hydroxylation sites is 1. The molecule has 1 fully saturated rings. The smallest absolute Gasteiger partial charge is 0.399 e. The zero-order valence-corrected chi connectivity index (χ0v) is 29.7. The summed E-state index contributed by atoms with van der Waals surface area (Å²) in [5, 5.41) is 5.81. The molecule has 0 radical (unpaired) electrons. The topological polar surface area (TPSA) is 49.2 Å². The van der Waals surface area contributed by atoms with Crippen molar-refractivity contribution in [1.29, 1.82) is 0 Å². The van der Waals surface area contributed by atoms with Gasteiger partial charge in [0.1, 0.15) is 0 Å². The van der Waals surface area contributed by atoms with Gasteiger partial charge >= 0.3 is 7.12 Å². The van der Waals surface area contributed by atoms with Gasteiger partial charge < -0.3 is 9.31 Å². The zero-order chi connectivity index (χ0) is 34.6. The van der Waals surface area contributed by atoms with Gasteiger partial charge in [0, 0.05) is 21.7 Å². The number of hydrogen-bond donors (Lipinski definition) is 0. The predicted octanol–water partition coefficient (Wildman–Crippen LogP) is 8.74. The average molecular weight is 656 g/mol. The Hall–Kier alpha value is -5.04. The van der Waals surface area contributed by atoms with Gasteiger partial charge in [0.2, 0.25) is 5.95 Å². The van der Waals surface area contributed by atoms with Crippen LogP contribution < -0.4 is 15.9 Å². The molecule has 0 atom stereocenters. The van der Waals surface area contributed by atoms with Crippen LogP contribution in [0.5, 0.6) is 0 Å². The Bertz CT molecular complexity index is 2500. The molecule has 2 aromatic heterocycles. The molecule has 1 aliphatic rings. The molecular weight excluding hydrogens is 613 g/mol. The van der Waals surface area contributed by atoms with Crippen LogP contribution in [0.25, 0.3) is 73.2 Å². The van der Waals surface area contributed by atoms with Crippen LogP contribution >= 0.6 is 0 Å². The Kier molecular flexibility index (Phi) is 7.97. The van der Waals surface area contributed by atoms with Crippen LogP contribution in [0, 0.1) is 0 Å². The van der Waals surface area contributed by atoms with Crippen LogP contribution in [-0.4, -0.2) is 32.9 Å². The molecular formula is C44H42BN3O2. The van der Waals surface area contributed by atoms with Gasteiger partial charge in [-0.15, -0.1) is 0 Å². The van der Waals surface area contributed by atoms with Crippen LogP contribution in [-0.2, 0) is 9.31 Å². The maximum absolute atomic E-state index is 6.52. The van der Waals surface area contributed by atoms with Gasteiger partial charge in [0.15, 0.2) is 0 Å². The highest BCUT2D eigenvalue weighted by molar-refractivity contribution is 6.62. The first-order chi connectivity index (χ1) is 24.2. The lowest BCUT2D eigenvalue weighted by Crippen LogP contribution is -2.41. The number of nitrogens with zero attached hydrogens (tertiary/aromatic N) is 3. The van der Waals surface area contributed by atoms with E-state index >= 15 is 0 Å². The summed E-state index contributed by atoms with van der Waals surface area (Å²) < 4.78 is 15.3. The second-order valence-electron chi connectivity index (χ2n) is 14.2. The van der Waals surface area contributed by atoms with E-state index < -0.39 is 18.3 Å². The molecule has 6 heteroatoms. The standard InChI is InChI=1S/C44H42BN3O2/c1-7-14-31-24-26-39-40(34(31)15-8-2)36-28-33(45-49-43(3,4)44(5,6)50-45)25-27-38(36)48(39)42-46-37-19-13-12-18-35(37)41(47-42)32-22-20-30(21-23-32)29-16-10-9-11-17-29/h9-28H,7-8H2,1-6H3/b31-14-,34-15+. The summed E-state index contributed by atoms with van der Waals surface area (Å²) in [6.45, 7) is 12.8. The lowest BCUT2D eigenvalue weighted by molar-refractivity contribution is 0.00578. The van der Waals surface area contributed by atoms with Crippen molar-refractivity contribution in [2.75, 3.05) is 0 Å². The molecule has 248 valence electrons. The summed E-state index contributed by atoms with van der Waals surface area (Å²) in [5.41, 5.74) is 7.48. The van der Waals surface area contributed by atoms with Crippen molar-refractivity contribution < 1.29 is 9.31 Å². The van der Waals surface area contributed by atoms with E-state index in [0.29, 0.717) is 5.95 Å². The molecule has 0 saturated carbocycles. The minimum atomic E-state index is -0.464. The quantitative estimate of drug-likeness (QED) is 0.168. The summed E-state index contributed by atoms with van der Waals surface area (Å²) in [4.78, 5) is 10.6. The molecule has 7 aromatic rings. The van der Waals surface area contributed by atoms with Crippen LogP contribution in [0.3, 0.4) is 0 Å². The largest absolute Gasteiger partial charge is 0.494 e. The highest BCUT2D eigenvalue weighted by Crippen LogP contribution is 2.38. The van der Waals surface area contributed by atoms with Gasteiger partial charge in [-0.3, -0.25) is 4.57 Å². The van der Waals surface area contributed by atoms with Crippen LogP contribution in [0.2, 0.25) is 0 Å². The van der Waals surface area contributed by atoms with Gasteiger partial charge in [-0.1, -0.05) is 117 Å². The lowest BCUT2D eigenvalue weighted by Gasteiger charge is -2.32. The Labute approximate surface area is 294 Å². The molecule has 0 unspecified atom stereocenters. The van der Waals surface area contributed by atoms with E-state index in [1.54, 1.807) is 0 Å². The Morgan fingerprint density at radius 2 is 1.28 bits per heavy atom. The van der Waals surface area contributed by atoms with Crippen molar-refractivity contribution in [2.45, 2.75) is 65.6 Å². The van der Waals surface area contributed by atoms with Gasteiger partial charge in [-0.05, 0) is 85.8 Å². The second kappa shape index (κ2) is 12.4. The normalized spacial score (nSPS) is 16.3. The third-order valence-corrected chi connectivity index (χ3v) is 10.4. The van der Waals surface area contributed by atoms with E-state index in [1.165, 1.54) is 27.0 Å².